The first-order valence-electron chi connectivity index (χ1n) is 7.38. The Morgan fingerprint density at radius 3 is 2.60 bits per heavy atom. The van der Waals surface area contributed by atoms with Crippen LogP contribution in [0.15, 0.2) is 30.3 Å². The Morgan fingerprint density at radius 1 is 1.25 bits per heavy atom. The predicted octanol–water partition coefficient (Wildman–Crippen LogP) is 2.16. The molecule has 0 bridgehead atoms. The summed E-state index contributed by atoms with van der Waals surface area (Å²) in [4.78, 5) is 12.2. The Labute approximate surface area is 126 Å². The van der Waals surface area contributed by atoms with E-state index in [9.17, 15) is 4.79 Å². The topological polar surface area (TPSA) is 41.1 Å². The highest BCUT2D eigenvalue weighted by Crippen LogP contribution is 2.34. The molecule has 1 aliphatic carbocycles. The van der Waals surface area contributed by atoms with E-state index in [1.54, 1.807) is 0 Å². The third-order valence-corrected chi connectivity index (χ3v) is 4.25. The van der Waals surface area contributed by atoms with Crippen LogP contribution in [-0.4, -0.2) is 25.0 Å². The molecule has 1 aromatic rings. The number of benzene rings is 1. The van der Waals surface area contributed by atoms with E-state index >= 15 is 0 Å². The smallest absolute Gasteiger partial charge is 0.224 e. The van der Waals surface area contributed by atoms with E-state index in [1.165, 1.54) is 18.4 Å². The molecule has 110 valence electrons. The third-order valence-electron chi connectivity index (χ3n) is 4.25. The fourth-order valence-corrected chi connectivity index (χ4v) is 2.88. The van der Waals surface area contributed by atoms with Gasteiger partial charge in [-0.1, -0.05) is 30.3 Å². The summed E-state index contributed by atoms with van der Waals surface area (Å²) in [6.07, 6.45) is 4.48. The second-order valence-electron chi connectivity index (χ2n) is 5.83. The van der Waals surface area contributed by atoms with Crippen LogP contribution in [-0.2, 0) is 11.2 Å². The summed E-state index contributed by atoms with van der Waals surface area (Å²) >= 11 is 0. The molecule has 3 nitrogen and oxygen atoms in total. The fourth-order valence-electron chi connectivity index (χ4n) is 2.88. The lowest BCUT2D eigenvalue weighted by Crippen LogP contribution is -2.42. The number of carbonyl (C=O) groups is 1. The Bertz CT molecular complexity index is 427. The Hall–Kier alpha value is -1.06. The lowest BCUT2D eigenvalue weighted by atomic mass is 10.0. The molecule has 0 spiro atoms. The number of rotatable bonds is 5. The largest absolute Gasteiger partial charge is 0.352 e. The SMILES string of the molecule is Cl.O=C(NC(Cc1ccccc1)C1CC1)C1CCNC1. The number of hydrogen-bond donors (Lipinski definition) is 2. The zero-order chi connectivity index (χ0) is 13.1. The Kier molecular flexibility index (Phi) is 5.44. The maximum atomic E-state index is 12.2. The van der Waals surface area contributed by atoms with Crippen molar-refractivity contribution in [3.63, 3.8) is 0 Å². The Morgan fingerprint density at radius 2 is 2.00 bits per heavy atom. The van der Waals surface area contributed by atoms with E-state index in [-0.39, 0.29) is 24.2 Å². The maximum absolute atomic E-state index is 12.2. The van der Waals surface area contributed by atoms with Crippen molar-refractivity contribution in [2.24, 2.45) is 11.8 Å². The molecule has 0 radical (unpaired) electrons. The van der Waals surface area contributed by atoms with Gasteiger partial charge in [-0.2, -0.15) is 0 Å². The molecule has 2 N–H and O–H groups in total. The Balaban J connectivity index is 0.00000147. The molecule has 20 heavy (non-hydrogen) atoms. The van der Waals surface area contributed by atoms with Gasteiger partial charge in [0.15, 0.2) is 0 Å². The lowest BCUT2D eigenvalue weighted by molar-refractivity contribution is -0.125. The minimum absolute atomic E-state index is 0. The second kappa shape index (κ2) is 7.09. The number of amides is 1. The zero-order valence-electron chi connectivity index (χ0n) is 11.7. The van der Waals surface area contributed by atoms with E-state index in [0.29, 0.717) is 12.0 Å². The fraction of sp³-hybridized carbons (Fsp3) is 0.562. The van der Waals surface area contributed by atoms with E-state index in [4.69, 9.17) is 0 Å². The zero-order valence-corrected chi connectivity index (χ0v) is 12.5. The van der Waals surface area contributed by atoms with Crippen LogP contribution in [0.4, 0.5) is 0 Å². The van der Waals surface area contributed by atoms with Crippen LogP contribution in [0.25, 0.3) is 0 Å². The van der Waals surface area contributed by atoms with Crippen molar-refractivity contribution >= 4 is 18.3 Å². The van der Waals surface area contributed by atoms with Gasteiger partial charge in [-0.15, -0.1) is 12.4 Å². The highest BCUT2D eigenvalue weighted by Gasteiger charge is 2.34. The van der Waals surface area contributed by atoms with Gasteiger partial charge in [0.1, 0.15) is 0 Å². The van der Waals surface area contributed by atoms with E-state index in [0.717, 1.165) is 25.9 Å². The molecule has 1 heterocycles. The molecule has 1 saturated heterocycles. The monoisotopic (exact) mass is 294 g/mol. The number of hydrogen-bond acceptors (Lipinski definition) is 2. The molecule has 2 fully saturated rings. The molecule has 1 saturated carbocycles. The van der Waals surface area contributed by atoms with Gasteiger partial charge in [-0.3, -0.25) is 4.79 Å². The van der Waals surface area contributed by atoms with Gasteiger partial charge >= 0.3 is 0 Å². The van der Waals surface area contributed by atoms with Crippen molar-refractivity contribution in [3.8, 4) is 0 Å². The highest BCUT2D eigenvalue weighted by molar-refractivity contribution is 5.85. The first-order valence-corrected chi connectivity index (χ1v) is 7.38. The van der Waals surface area contributed by atoms with Crippen LogP contribution >= 0.6 is 12.4 Å². The highest BCUT2D eigenvalue weighted by atomic mass is 35.5. The average molecular weight is 295 g/mol. The van der Waals surface area contributed by atoms with Gasteiger partial charge in [-0.05, 0) is 43.7 Å². The van der Waals surface area contributed by atoms with Gasteiger partial charge in [0.05, 0.1) is 5.92 Å². The molecule has 0 aromatic heterocycles. The molecule has 3 rings (SSSR count). The van der Waals surface area contributed by atoms with E-state index in [1.807, 2.05) is 6.07 Å². The molecule has 1 amide bonds. The molecular formula is C16H23ClN2O. The van der Waals surface area contributed by atoms with Crippen molar-refractivity contribution in [2.75, 3.05) is 13.1 Å². The van der Waals surface area contributed by atoms with Crippen LogP contribution in [0.5, 0.6) is 0 Å². The molecular weight excluding hydrogens is 272 g/mol. The van der Waals surface area contributed by atoms with Gasteiger partial charge in [0.25, 0.3) is 0 Å². The molecule has 2 atom stereocenters. The number of halogens is 1. The van der Waals surface area contributed by atoms with Gasteiger partial charge in [0, 0.05) is 12.6 Å². The molecule has 2 unspecified atom stereocenters. The summed E-state index contributed by atoms with van der Waals surface area (Å²) in [5.74, 6) is 1.12. The number of nitrogens with one attached hydrogen (secondary N) is 2. The summed E-state index contributed by atoms with van der Waals surface area (Å²) in [5, 5.41) is 6.55. The third kappa shape index (κ3) is 3.97. The van der Waals surface area contributed by atoms with Gasteiger partial charge in [-0.25, -0.2) is 0 Å². The van der Waals surface area contributed by atoms with Crippen molar-refractivity contribution in [2.45, 2.75) is 31.7 Å². The first-order chi connectivity index (χ1) is 9.33. The minimum atomic E-state index is 0. The van der Waals surface area contributed by atoms with Crippen molar-refractivity contribution in [3.05, 3.63) is 35.9 Å². The molecule has 4 heteroatoms. The standard InChI is InChI=1S/C16H22N2O.ClH/c19-16(14-8-9-17-11-14)18-15(13-6-7-13)10-12-4-2-1-3-5-12;/h1-5,13-15,17H,6-11H2,(H,18,19);1H. The van der Waals surface area contributed by atoms with Crippen molar-refractivity contribution < 1.29 is 4.79 Å². The molecule has 1 aromatic carbocycles. The van der Waals surface area contributed by atoms with Crippen molar-refractivity contribution in [1.82, 2.24) is 10.6 Å². The summed E-state index contributed by atoms with van der Waals surface area (Å²) in [7, 11) is 0. The van der Waals surface area contributed by atoms with Gasteiger partial charge in [0.2, 0.25) is 5.91 Å². The molecule has 2 aliphatic rings. The minimum Gasteiger partial charge on any atom is -0.352 e. The quantitative estimate of drug-likeness (QED) is 0.874. The van der Waals surface area contributed by atoms with Crippen LogP contribution in [0.1, 0.15) is 24.8 Å². The lowest BCUT2D eigenvalue weighted by Gasteiger charge is -2.20. The normalized spacial score (nSPS) is 22.9. The number of carbonyl (C=O) groups excluding carboxylic acids is 1. The summed E-state index contributed by atoms with van der Waals surface area (Å²) in [6.45, 7) is 1.82. The van der Waals surface area contributed by atoms with E-state index in [2.05, 4.69) is 34.9 Å². The maximum Gasteiger partial charge on any atom is 0.224 e. The first kappa shape index (κ1) is 15.3. The summed E-state index contributed by atoms with van der Waals surface area (Å²) in [5.41, 5.74) is 1.32. The van der Waals surface area contributed by atoms with Crippen LogP contribution < -0.4 is 10.6 Å². The van der Waals surface area contributed by atoms with Crippen LogP contribution in [0, 0.1) is 11.8 Å². The van der Waals surface area contributed by atoms with E-state index < -0.39 is 0 Å². The average Bonchev–Trinajstić information content (AvgIpc) is 3.13. The van der Waals surface area contributed by atoms with Crippen LogP contribution in [0.3, 0.4) is 0 Å². The predicted molar refractivity (Wildman–Crippen MR) is 83.0 cm³/mol. The summed E-state index contributed by atoms with van der Waals surface area (Å²) < 4.78 is 0. The van der Waals surface area contributed by atoms with Crippen molar-refractivity contribution in [1.29, 1.82) is 0 Å². The second-order valence-corrected chi connectivity index (χ2v) is 5.83. The molecule has 1 aliphatic heterocycles. The van der Waals surface area contributed by atoms with Crippen LogP contribution in [0.2, 0.25) is 0 Å². The van der Waals surface area contributed by atoms with Gasteiger partial charge < -0.3 is 10.6 Å². The summed E-state index contributed by atoms with van der Waals surface area (Å²) in [6, 6.07) is 10.8.